The van der Waals surface area contributed by atoms with Crippen molar-refractivity contribution in [2.45, 2.75) is 19.5 Å². The van der Waals surface area contributed by atoms with Crippen LogP contribution in [-0.2, 0) is 9.53 Å². The molecule has 1 fully saturated rings. The van der Waals surface area contributed by atoms with Crippen molar-refractivity contribution in [3.63, 3.8) is 0 Å². The largest absolute Gasteiger partial charge is 0.465 e. The molecule has 1 aliphatic carbocycles. The molecule has 0 aliphatic heterocycles. The van der Waals surface area contributed by atoms with Crippen LogP contribution in [0.25, 0.3) is 0 Å². The van der Waals surface area contributed by atoms with Gasteiger partial charge < -0.3 is 9.84 Å². The fraction of sp³-hybridized carbons (Fsp3) is 0.875. The fourth-order valence-electron chi connectivity index (χ4n) is 1.52. The van der Waals surface area contributed by atoms with Gasteiger partial charge in [0.2, 0.25) is 0 Å². The number of hydrogen-bond donors (Lipinski definition) is 1. The number of ether oxygens (including phenoxy) is 1. The van der Waals surface area contributed by atoms with Gasteiger partial charge in [0.1, 0.15) is 0 Å². The Morgan fingerprint density at radius 3 is 2.50 bits per heavy atom. The number of halogens is 3. The summed E-state index contributed by atoms with van der Waals surface area (Å²) in [5, 5.41) is 8.61. The highest BCUT2D eigenvalue weighted by atomic mass is 19.4. The molecule has 0 amide bonds. The van der Waals surface area contributed by atoms with Crippen LogP contribution >= 0.6 is 0 Å². The third kappa shape index (κ3) is 1.47. The molecule has 0 spiro atoms. The number of carbonyl (C=O) groups excluding carboxylic acids is 1. The van der Waals surface area contributed by atoms with Gasteiger partial charge >= 0.3 is 12.1 Å². The lowest BCUT2D eigenvalue weighted by atomic mass is 10.0. The van der Waals surface area contributed by atoms with E-state index >= 15 is 0 Å². The monoisotopic (exact) mass is 212 g/mol. The summed E-state index contributed by atoms with van der Waals surface area (Å²) in [4.78, 5) is 11.1. The minimum atomic E-state index is -4.63. The minimum Gasteiger partial charge on any atom is -0.465 e. The van der Waals surface area contributed by atoms with E-state index < -0.39 is 30.1 Å². The van der Waals surface area contributed by atoms with Crippen LogP contribution in [0.4, 0.5) is 13.2 Å². The van der Waals surface area contributed by atoms with Gasteiger partial charge in [-0.3, -0.25) is 4.79 Å². The van der Waals surface area contributed by atoms with Crippen LogP contribution in [0.3, 0.4) is 0 Å². The third-order valence-electron chi connectivity index (χ3n) is 2.47. The maximum atomic E-state index is 12.5. The van der Waals surface area contributed by atoms with Crippen LogP contribution in [0.1, 0.15) is 13.3 Å². The van der Waals surface area contributed by atoms with Crippen molar-refractivity contribution in [1.29, 1.82) is 0 Å². The summed E-state index contributed by atoms with van der Waals surface area (Å²) in [5.74, 6) is -2.31. The van der Waals surface area contributed by atoms with E-state index in [1.165, 1.54) is 6.92 Å². The van der Waals surface area contributed by atoms with E-state index in [9.17, 15) is 18.0 Å². The lowest BCUT2D eigenvalue weighted by Crippen LogP contribution is -2.36. The first-order chi connectivity index (χ1) is 6.40. The summed E-state index contributed by atoms with van der Waals surface area (Å²) in [6.45, 7) is 0.714. The molecular weight excluding hydrogens is 201 g/mol. The molecule has 1 aliphatic rings. The maximum Gasteiger partial charge on any atom is 0.405 e. The van der Waals surface area contributed by atoms with E-state index in [0.717, 1.165) is 0 Å². The number of rotatable bonds is 3. The summed E-state index contributed by atoms with van der Waals surface area (Å²) >= 11 is 0. The quantitative estimate of drug-likeness (QED) is 0.713. The molecule has 0 saturated heterocycles. The Hall–Kier alpha value is -0.780. The van der Waals surface area contributed by atoms with Crippen LogP contribution in [0.2, 0.25) is 0 Å². The molecule has 0 radical (unpaired) electrons. The smallest absolute Gasteiger partial charge is 0.405 e. The van der Waals surface area contributed by atoms with Crippen molar-refractivity contribution in [3.8, 4) is 0 Å². The highest BCUT2D eigenvalue weighted by molar-refractivity contribution is 5.81. The maximum absolute atomic E-state index is 12.5. The normalized spacial score (nSPS) is 31.4. The number of carbonyl (C=O) groups is 1. The van der Waals surface area contributed by atoms with E-state index in [1.54, 1.807) is 0 Å². The molecule has 0 aromatic carbocycles. The van der Waals surface area contributed by atoms with Crippen molar-refractivity contribution in [2.24, 2.45) is 11.3 Å². The van der Waals surface area contributed by atoms with E-state index in [-0.39, 0.29) is 13.0 Å². The predicted octanol–water partition coefficient (Wildman–Crippen LogP) is 1.11. The van der Waals surface area contributed by atoms with E-state index in [1.807, 2.05) is 0 Å². The zero-order chi connectivity index (χ0) is 11.0. The number of esters is 1. The standard InChI is InChI=1S/C8H11F3O3/c1-2-14-6(13)7(8(9,10)11)3-5(7)4-12/h5,12H,2-4H2,1H3/t5-,7-/m1/s1. The average Bonchev–Trinajstić information content (AvgIpc) is 2.78. The van der Waals surface area contributed by atoms with E-state index in [0.29, 0.717) is 0 Å². The van der Waals surface area contributed by atoms with Gasteiger partial charge in [-0.05, 0) is 13.3 Å². The summed E-state index contributed by atoms with van der Waals surface area (Å²) in [7, 11) is 0. The summed E-state index contributed by atoms with van der Waals surface area (Å²) < 4.78 is 41.8. The molecule has 0 unspecified atom stereocenters. The lowest BCUT2D eigenvalue weighted by molar-refractivity contribution is -0.211. The molecule has 1 N–H and O–H groups in total. The van der Waals surface area contributed by atoms with Gasteiger partial charge in [-0.1, -0.05) is 0 Å². The first-order valence-corrected chi connectivity index (χ1v) is 4.25. The average molecular weight is 212 g/mol. The highest BCUT2D eigenvalue weighted by Crippen LogP contribution is 2.62. The molecule has 0 aromatic rings. The van der Waals surface area contributed by atoms with Crippen molar-refractivity contribution in [3.05, 3.63) is 0 Å². The number of alkyl halides is 3. The second kappa shape index (κ2) is 3.42. The van der Waals surface area contributed by atoms with Crippen molar-refractivity contribution >= 4 is 5.97 Å². The Bertz CT molecular complexity index is 238. The molecule has 0 bridgehead atoms. The SMILES string of the molecule is CCOC(=O)[C@@]1(C(F)(F)F)C[C@@H]1CO. The van der Waals surface area contributed by atoms with E-state index in [4.69, 9.17) is 5.11 Å². The van der Waals surface area contributed by atoms with Gasteiger partial charge in [0.25, 0.3) is 0 Å². The minimum absolute atomic E-state index is 0.0885. The Balaban J connectivity index is 2.82. The van der Waals surface area contributed by atoms with Crippen LogP contribution in [0, 0.1) is 11.3 Å². The molecule has 0 aromatic heterocycles. The molecular formula is C8H11F3O3. The molecule has 3 nitrogen and oxygen atoms in total. The summed E-state index contributed by atoms with van der Waals surface area (Å²) in [6.07, 6.45) is -5.00. The first-order valence-electron chi connectivity index (χ1n) is 4.25. The Kier molecular flexibility index (Phi) is 2.76. The van der Waals surface area contributed by atoms with Crippen molar-refractivity contribution < 1.29 is 27.8 Å². The number of aliphatic hydroxyl groups is 1. The molecule has 6 heteroatoms. The van der Waals surface area contributed by atoms with Crippen LogP contribution in [0.5, 0.6) is 0 Å². The first kappa shape index (κ1) is 11.3. The molecule has 1 rings (SSSR count). The van der Waals surface area contributed by atoms with Gasteiger partial charge in [-0.15, -0.1) is 0 Å². The van der Waals surface area contributed by atoms with E-state index in [2.05, 4.69) is 4.74 Å². The molecule has 1 saturated carbocycles. The fourth-order valence-corrected chi connectivity index (χ4v) is 1.52. The van der Waals surface area contributed by atoms with Crippen molar-refractivity contribution in [2.75, 3.05) is 13.2 Å². The van der Waals surface area contributed by atoms with Crippen LogP contribution in [0.15, 0.2) is 0 Å². The Labute approximate surface area is 78.9 Å². The summed E-state index contributed by atoms with van der Waals surface area (Å²) in [5.41, 5.74) is -2.45. The second-order valence-corrected chi connectivity index (χ2v) is 3.27. The van der Waals surface area contributed by atoms with Gasteiger partial charge in [0.05, 0.1) is 6.61 Å². The topological polar surface area (TPSA) is 46.5 Å². The highest BCUT2D eigenvalue weighted by Gasteiger charge is 2.76. The lowest BCUT2D eigenvalue weighted by Gasteiger charge is -2.18. The predicted molar refractivity (Wildman–Crippen MR) is 40.3 cm³/mol. The van der Waals surface area contributed by atoms with Crippen LogP contribution < -0.4 is 0 Å². The van der Waals surface area contributed by atoms with Gasteiger partial charge in [-0.25, -0.2) is 0 Å². The zero-order valence-electron chi connectivity index (χ0n) is 7.60. The van der Waals surface area contributed by atoms with Gasteiger partial charge in [0.15, 0.2) is 5.41 Å². The molecule has 2 atom stereocenters. The third-order valence-corrected chi connectivity index (χ3v) is 2.47. The molecule has 82 valence electrons. The molecule has 0 heterocycles. The Morgan fingerprint density at radius 2 is 2.21 bits per heavy atom. The number of hydrogen-bond acceptors (Lipinski definition) is 3. The zero-order valence-corrected chi connectivity index (χ0v) is 7.60. The second-order valence-electron chi connectivity index (χ2n) is 3.27. The number of aliphatic hydroxyl groups excluding tert-OH is 1. The van der Waals surface area contributed by atoms with Gasteiger partial charge in [-0.2, -0.15) is 13.2 Å². The van der Waals surface area contributed by atoms with Crippen molar-refractivity contribution in [1.82, 2.24) is 0 Å². The Morgan fingerprint density at radius 1 is 1.64 bits per heavy atom. The summed E-state index contributed by atoms with van der Waals surface area (Å²) in [6, 6.07) is 0. The molecule has 14 heavy (non-hydrogen) atoms. The van der Waals surface area contributed by atoms with Gasteiger partial charge in [0, 0.05) is 12.5 Å². The van der Waals surface area contributed by atoms with Crippen LogP contribution in [-0.4, -0.2) is 30.5 Å².